The molecule has 0 spiro atoms. The SMILES string of the molecule is Cc1ccc(NS(=O)(=O)c2cnn(C)c2C(F)F)c2[nH]cc(C#N)c12. The number of sulfonamides is 1. The zero-order chi connectivity index (χ0) is 18.4. The molecule has 0 fully saturated rings. The molecule has 10 heteroatoms. The molecule has 0 saturated heterocycles. The van der Waals surface area contributed by atoms with Gasteiger partial charge in [-0.1, -0.05) is 6.07 Å². The molecular formula is C15H13F2N5O2S. The molecule has 0 unspecified atom stereocenters. The molecule has 0 bridgehead atoms. The average Bonchev–Trinajstić information content (AvgIpc) is 3.14. The Morgan fingerprint density at radius 2 is 2.12 bits per heavy atom. The second-order valence-corrected chi connectivity index (χ2v) is 7.07. The van der Waals surface area contributed by atoms with Crippen LogP contribution in [0.2, 0.25) is 0 Å². The molecule has 0 amide bonds. The van der Waals surface area contributed by atoms with Crippen molar-refractivity contribution in [2.24, 2.45) is 7.05 Å². The number of alkyl halides is 2. The van der Waals surface area contributed by atoms with Gasteiger partial charge in [0.2, 0.25) is 0 Å². The van der Waals surface area contributed by atoms with Crippen LogP contribution in [-0.4, -0.2) is 23.2 Å². The van der Waals surface area contributed by atoms with Crippen molar-refractivity contribution >= 4 is 26.6 Å². The Kier molecular flexibility index (Phi) is 3.96. The number of hydrogen-bond acceptors (Lipinski definition) is 4. The summed E-state index contributed by atoms with van der Waals surface area (Å²) in [5.74, 6) is 0. The molecule has 130 valence electrons. The van der Waals surface area contributed by atoms with Crippen LogP contribution in [0.5, 0.6) is 0 Å². The third-order valence-corrected chi connectivity index (χ3v) is 5.24. The van der Waals surface area contributed by atoms with Crippen LogP contribution in [0, 0.1) is 18.3 Å². The Hall–Kier alpha value is -2.93. The third-order valence-electron chi connectivity index (χ3n) is 3.85. The van der Waals surface area contributed by atoms with E-state index in [4.69, 9.17) is 5.26 Å². The van der Waals surface area contributed by atoms with Gasteiger partial charge in [0, 0.05) is 18.6 Å². The molecule has 7 nitrogen and oxygen atoms in total. The molecule has 0 aliphatic carbocycles. The van der Waals surface area contributed by atoms with Gasteiger partial charge in [0.15, 0.2) is 0 Å². The highest BCUT2D eigenvalue weighted by atomic mass is 32.2. The summed E-state index contributed by atoms with van der Waals surface area (Å²) in [6.45, 7) is 1.78. The Labute approximate surface area is 141 Å². The summed E-state index contributed by atoms with van der Waals surface area (Å²) in [7, 11) is -3.04. The molecule has 0 radical (unpaired) electrons. The van der Waals surface area contributed by atoms with Gasteiger partial charge in [-0.3, -0.25) is 9.40 Å². The van der Waals surface area contributed by atoms with Crippen LogP contribution >= 0.6 is 0 Å². The number of aromatic amines is 1. The van der Waals surface area contributed by atoms with Crippen LogP contribution in [0.1, 0.15) is 23.2 Å². The topological polar surface area (TPSA) is 104 Å². The number of fused-ring (bicyclic) bond motifs is 1. The number of nitrogens with one attached hydrogen (secondary N) is 2. The fraction of sp³-hybridized carbons (Fsp3) is 0.200. The molecule has 3 rings (SSSR count). The molecule has 1 aromatic carbocycles. The van der Waals surface area contributed by atoms with Crippen LogP contribution in [0.25, 0.3) is 10.9 Å². The van der Waals surface area contributed by atoms with Crippen LogP contribution < -0.4 is 4.72 Å². The lowest BCUT2D eigenvalue weighted by Crippen LogP contribution is -2.15. The standard InChI is InChI=1S/C15H13F2N5O2S/c1-8-3-4-10(13-12(8)9(5-18)6-19-13)21-25(23,24)11-7-20-22(2)14(11)15(16)17/h3-4,6-7,15,19,21H,1-2H3. The summed E-state index contributed by atoms with van der Waals surface area (Å²) in [6, 6.07) is 5.17. The van der Waals surface area contributed by atoms with E-state index in [0.717, 1.165) is 16.4 Å². The van der Waals surface area contributed by atoms with E-state index in [1.807, 2.05) is 6.07 Å². The molecular weight excluding hydrogens is 352 g/mol. The van der Waals surface area contributed by atoms with E-state index in [0.29, 0.717) is 16.5 Å². The van der Waals surface area contributed by atoms with E-state index in [2.05, 4.69) is 14.8 Å². The van der Waals surface area contributed by atoms with E-state index in [-0.39, 0.29) is 5.69 Å². The Morgan fingerprint density at radius 3 is 2.76 bits per heavy atom. The maximum Gasteiger partial charge on any atom is 0.281 e. The molecule has 0 aliphatic rings. The second kappa shape index (κ2) is 5.86. The number of nitriles is 1. The van der Waals surface area contributed by atoms with Crippen LogP contribution in [0.3, 0.4) is 0 Å². The summed E-state index contributed by atoms with van der Waals surface area (Å²) < 4.78 is 54.6. The molecule has 2 heterocycles. The minimum Gasteiger partial charge on any atom is -0.358 e. The summed E-state index contributed by atoms with van der Waals surface area (Å²) >= 11 is 0. The van der Waals surface area contributed by atoms with Gasteiger partial charge in [-0.05, 0) is 18.6 Å². The quantitative estimate of drug-likeness (QED) is 0.742. The van der Waals surface area contributed by atoms with Gasteiger partial charge in [0.05, 0.1) is 23.0 Å². The van der Waals surface area contributed by atoms with Crippen molar-refractivity contribution in [3.8, 4) is 6.07 Å². The van der Waals surface area contributed by atoms with Crippen molar-refractivity contribution in [2.45, 2.75) is 18.2 Å². The predicted octanol–water partition coefficient (Wildman–Crippen LogP) is 2.82. The normalized spacial score (nSPS) is 11.8. The van der Waals surface area contributed by atoms with Crippen LogP contribution in [0.15, 0.2) is 29.4 Å². The highest BCUT2D eigenvalue weighted by molar-refractivity contribution is 7.92. The number of H-pyrrole nitrogens is 1. The van der Waals surface area contributed by atoms with Crippen molar-refractivity contribution in [3.63, 3.8) is 0 Å². The maximum atomic E-state index is 13.2. The zero-order valence-electron chi connectivity index (χ0n) is 13.2. The summed E-state index contributed by atoms with van der Waals surface area (Å²) in [5.41, 5.74) is 1.02. The maximum absolute atomic E-state index is 13.2. The zero-order valence-corrected chi connectivity index (χ0v) is 14.0. The van der Waals surface area contributed by atoms with Crippen molar-refractivity contribution < 1.29 is 17.2 Å². The van der Waals surface area contributed by atoms with E-state index in [1.165, 1.54) is 19.3 Å². The summed E-state index contributed by atoms with van der Waals surface area (Å²) in [6.07, 6.45) is -0.651. The van der Waals surface area contributed by atoms with Gasteiger partial charge in [-0.2, -0.15) is 10.4 Å². The lowest BCUT2D eigenvalue weighted by molar-refractivity contribution is 0.137. The number of halogens is 2. The molecule has 2 aromatic heterocycles. The Bertz CT molecular complexity index is 1110. The first kappa shape index (κ1) is 16.9. The number of anilines is 1. The lowest BCUT2D eigenvalue weighted by atomic mass is 10.1. The van der Waals surface area contributed by atoms with Gasteiger partial charge in [0.1, 0.15) is 16.7 Å². The summed E-state index contributed by atoms with van der Waals surface area (Å²) in [4.78, 5) is 2.25. The Morgan fingerprint density at radius 1 is 1.40 bits per heavy atom. The average molecular weight is 365 g/mol. The van der Waals surface area contributed by atoms with Gasteiger partial charge >= 0.3 is 0 Å². The predicted molar refractivity (Wildman–Crippen MR) is 86.7 cm³/mol. The fourth-order valence-corrected chi connectivity index (χ4v) is 3.93. The minimum absolute atomic E-state index is 0.158. The van der Waals surface area contributed by atoms with E-state index < -0.39 is 27.0 Å². The Balaban J connectivity index is 2.12. The second-order valence-electron chi connectivity index (χ2n) is 5.42. The van der Waals surface area contributed by atoms with E-state index in [1.54, 1.807) is 13.0 Å². The number of aromatic nitrogens is 3. The van der Waals surface area contributed by atoms with Gasteiger partial charge < -0.3 is 4.98 Å². The third kappa shape index (κ3) is 2.72. The van der Waals surface area contributed by atoms with Gasteiger partial charge in [0.25, 0.3) is 16.4 Å². The van der Waals surface area contributed by atoms with Crippen LogP contribution in [-0.2, 0) is 17.1 Å². The number of aryl methyl sites for hydroxylation is 2. The first-order valence-corrected chi connectivity index (χ1v) is 8.58. The largest absolute Gasteiger partial charge is 0.358 e. The first-order chi connectivity index (χ1) is 11.8. The number of nitrogens with zero attached hydrogens (tertiary/aromatic N) is 3. The molecule has 0 saturated carbocycles. The molecule has 25 heavy (non-hydrogen) atoms. The van der Waals surface area contributed by atoms with Gasteiger partial charge in [-0.15, -0.1) is 0 Å². The smallest absolute Gasteiger partial charge is 0.281 e. The van der Waals surface area contributed by atoms with E-state index in [9.17, 15) is 17.2 Å². The number of benzene rings is 1. The van der Waals surface area contributed by atoms with Crippen molar-refractivity contribution in [1.82, 2.24) is 14.8 Å². The highest BCUT2D eigenvalue weighted by Gasteiger charge is 2.28. The lowest BCUT2D eigenvalue weighted by Gasteiger charge is -2.11. The monoisotopic (exact) mass is 365 g/mol. The highest BCUT2D eigenvalue weighted by Crippen LogP contribution is 2.32. The number of hydrogen-bond donors (Lipinski definition) is 2. The molecule has 0 aliphatic heterocycles. The van der Waals surface area contributed by atoms with E-state index >= 15 is 0 Å². The van der Waals surface area contributed by atoms with Crippen molar-refractivity contribution in [1.29, 1.82) is 5.26 Å². The molecule has 3 aromatic rings. The fourth-order valence-electron chi connectivity index (χ4n) is 2.68. The van der Waals surface area contributed by atoms with Crippen molar-refractivity contribution in [3.05, 3.63) is 41.3 Å². The van der Waals surface area contributed by atoms with Crippen LogP contribution in [0.4, 0.5) is 14.5 Å². The summed E-state index contributed by atoms with van der Waals surface area (Å²) in [5, 5.41) is 13.3. The molecule has 2 N–H and O–H groups in total. The number of rotatable bonds is 4. The first-order valence-electron chi connectivity index (χ1n) is 7.10. The van der Waals surface area contributed by atoms with Gasteiger partial charge in [-0.25, -0.2) is 17.2 Å². The van der Waals surface area contributed by atoms with Crippen molar-refractivity contribution in [2.75, 3.05) is 4.72 Å². The molecule has 0 atom stereocenters. The minimum atomic E-state index is -4.29.